The third-order valence-electron chi connectivity index (χ3n) is 3.01. The van der Waals surface area contributed by atoms with E-state index >= 15 is 0 Å². The van der Waals surface area contributed by atoms with Gasteiger partial charge in [0.2, 0.25) is 0 Å². The molecule has 0 aliphatic heterocycles. The first kappa shape index (κ1) is 10.9. The van der Waals surface area contributed by atoms with Crippen molar-refractivity contribution < 1.29 is 0 Å². The zero-order valence-corrected chi connectivity index (χ0v) is 11.0. The van der Waals surface area contributed by atoms with Gasteiger partial charge in [0.1, 0.15) is 0 Å². The fraction of sp³-hybridized carbons (Fsp3) is 0.455. The highest BCUT2D eigenvalue weighted by molar-refractivity contribution is 9.10. The Morgan fingerprint density at radius 3 is 1.73 bits per heavy atom. The second-order valence-corrected chi connectivity index (χ2v) is 5.92. The van der Waals surface area contributed by atoms with E-state index in [0.29, 0.717) is 0 Å². The summed E-state index contributed by atoms with van der Waals surface area (Å²) in [5.74, 6) is 0.455. The van der Waals surface area contributed by atoms with Crippen LogP contribution in [0.3, 0.4) is 0 Å². The summed E-state index contributed by atoms with van der Waals surface area (Å²) in [7, 11) is 0. The average Bonchev–Trinajstić information content (AvgIpc) is 2.25. The van der Waals surface area contributed by atoms with Crippen molar-refractivity contribution in [2.45, 2.75) is 16.1 Å². The highest BCUT2D eigenvalue weighted by Gasteiger charge is 2.38. The van der Waals surface area contributed by atoms with E-state index in [-0.39, 0.29) is 21.5 Å². The van der Waals surface area contributed by atoms with Crippen LogP contribution in [0.1, 0.15) is 6.42 Å². The first-order valence-corrected chi connectivity index (χ1v) is 6.52. The van der Waals surface area contributed by atoms with Gasteiger partial charge in [0.15, 0.2) is 0 Å². The molecule has 0 aromatic rings. The van der Waals surface area contributed by atoms with E-state index in [0.717, 1.165) is 17.6 Å². The molecule has 2 aliphatic rings. The zero-order chi connectivity index (χ0) is 11.0. The first-order valence-electron chi connectivity index (χ1n) is 4.69. The van der Waals surface area contributed by atoms with Gasteiger partial charge < -0.3 is 0 Å². The first-order chi connectivity index (χ1) is 7.17. The van der Waals surface area contributed by atoms with E-state index in [1.807, 2.05) is 12.2 Å². The van der Waals surface area contributed by atoms with Crippen molar-refractivity contribution >= 4 is 31.9 Å². The smallest absolute Gasteiger partial charge is 0.0947 e. The van der Waals surface area contributed by atoms with Crippen molar-refractivity contribution in [3.05, 3.63) is 23.3 Å². The molecule has 2 rings (SSSR count). The van der Waals surface area contributed by atoms with E-state index < -0.39 is 0 Å². The van der Waals surface area contributed by atoms with Gasteiger partial charge in [-0.15, -0.1) is 0 Å². The molecule has 0 unspecified atom stereocenters. The number of fused-ring (bicyclic) bond motifs is 2. The molecule has 4 heteroatoms. The van der Waals surface area contributed by atoms with Gasteiger partial charge in [-0.3, -0.25) is 0 Å². The summed E-state index contributed by atoms with van der Waals surface area (Å²) in [6.45, 7) is 0. The van der Waals surface area contributed by atoms with Crippen molar-refractivity contribution in [1.29, 1.82) is 10.5 Å². The Kier molecular flexibility index (Phi) is 3.00. The molecule has 0 aromatic heterocycles. The summed E-state index contributed by atoms with van der Waals surface area (Å²) in [5.41, 5.74) is 1.64. The fourth-order valence-electron chi connectivity index (χ4n) is 2.19. The molecule has 2 aliphatic carbocycles. The number of rotatable bonds is 0. The van der Waals surface area contributed by atoms with Crippen molar-refractivity contribution in [3.63, 3.8) is 0 Å². The minimum absolute atomic E-state index is 0.120. The molecule has 2 nitrogen and oxygen atoms in total. The Morgan fingerprint density at radius 1 is 1.00 bits per heavy atom. The van der Waals surface area contributed by atoms with Crippen LogP contribution < -0.4 is 0 Å². The fourth-order valence-corrected chi connectivity index (χ4v) is 3.76. The highest BCUT2D eigenvalue weighted by Crippen LogP contribution is 2.44. The highest BCUT2D eigenvalue weighted by atomic mass is 79.9. The molecule has 2 bridgehead atoms. The van der Waals surface area contributed by atoms with E-state index in [1.54, 1.807) is 0 Å². The second-order valence-electron chi connectivity index (χ2n) is 3.81. The summed E-state index contributed by atoms with van der Waals surface area (Å²) in [4.78, 5) is 0.239. The van der Waals surface area contributed by atoms with Crippen LogP contribution in [-0.2, 0) is 0 Å². The number of nitrogens with zero attached hydrogens (tertiary/aromatic N) is 2. The molecular weight excluding hydrogens is 320 g/mol. The standard InChI is InChI=1S/C11H8Br2N2/c12-10-1-6(4-14)8-3-9(10)7(5-15)2-11(8)13/h1-2,8-11H,3H2/t8-,9-,10+,11+/m1/s1. The summed E-state index contributed by atoms with van der Waals surface area (Å²) < 4.78 is 0. The Morgan fingerprint density at radius 2 is 1.40 bits per heavy atom. The molecule has 0 aromatic carbocycles. The maximum absolute atomic E-state index is 9.02. The lowest BCUT2D eigenvalue weighted by Crippen LogP contribution is -2.33. The van der Waals surface area contributed by atoms with Gasteiger partial charge in [-0.2, -0.15) is 10.5 Å². The average molecular weight is 328 g/mol. The van der Waals surface area contributed by atoms with Crippen molar-refractivity contribution in [2.75, 3.05) is 0 Å². The molecule has 0 N–H and O–H groups in total. The molecule has 4 atom stereocenters. The number of halogens is 2. The number of allylic oxidation sites excluding steroid dienone is 4. The van der Waals surface area contributed by atoms with Gasteiger partial charge in [-0.1, -0.05) is 44.0 Å². The quantitative estimate of drug-likeness (QED) is 0.642. The van der Waals surface area contributed by atoms with Crippen molar-refractivity contribution in [1.82, 2.24) is 0 Å². The van der Waals surface area contributed by atoms with Gasteiger partial charge in [0.05, 0.1) is 12.1 Å². The second kappa shape index (κ2) is 4.12. The molecule has 0 saturated carbocycles. The van der Waals surface area contributed by atoms with Crippen molar-refractivity contribution in [2.24, 2.45) is 11.8 Å². The van der Waals surface area contributed by atoms with Gasteiger partial charge in [-0.05, 0) is 6.42 Å². The minimum Gasteiger partial charge on any atom is -0.193 e. The summed E-state index contributed by atoms with van der Waals surface area (Å²) in [6, 6.07) is 4.48. The Hall–Kier alpha value is -0.580. The van der Waals surface area contributed by atoms with E-state index in [2.05, 4.69) is 44.0 Å². The normalized spacial score (nSPS) is 38.4. The number of hydrogen-bond donors (Lipinski definition) is 0. The molecule has 15 heavy (non-hydrogen) atoms. The summed E-state index contributed by atoms with van der Waals surface area (Å²) in [6.07, 6.45) is 4.76. The molecule has 0 heterocycles. The topological polar surface area (TPSA) is 47.6 Å². The predicted octanol–water partition coefficient (Wildman–Crippen LogP) is 3.06. The van der Waals surface area contributed by atoms with Crippen LogP contribution in [0.4, 0.5) is 0 Å². The number of alkyl halides is 2. The lowest BCUT2D eigenvalue weighted by molar-refractivity contribution is 0.437. The molecule has 0 spiro atoms. The van der Waals surface area contributed by atoms with Crippen LogP contribution in [0.15, 0.2) is 23.3 Å². The molecule has 0 radical (unpaired) electrons. The van der Waals surface area contributed by atoms with Gasteiger partial charge in [0, 0.05) is 32.6 Å². The largest absolute Gasteiger partial charge is 0.193 e. The molecular formula is C11H8Br2N2. The van der Waals surface area contributed by atoms with E-state index in [9.17, 15) is 0 Å². The Labute approximate surface area is 106 Å². The van der Waals surface area contributed by atoms with Gasteiger partial charge >= 0.3 is 0 Å². The number of hydrogen-bond acceptors (Lipinski definition) is 2. The predicted molar refractivity (Wildman–Crippen MR) is 64.4 cm³/mol. The lowest BCUT2D eigenvalue weighted by Gasteiger charge is -2.36. The van der Waals surface area contributed by atoms with Crippen molar-refractivity contribution in [3.8, 4) is 12.1 Å². The summed E-state index contributed by atoms with van der Waals surface area (Å²) in [5, 5.41) is 18.0. The van der Waals surface area contributed by atoms with Crippen LogP contribution in [0, 0.1) is 34.5 Å². The molecule has 0 saturated heterocycles. The van der Waals surface area contributed by atoms with Gasteiger partial charge in [0.25, 0.3) is 0 Å². The third kappa shape index (κ3) is 1.77. The van der Waals surface area contributed by atoms with Crippen LogP contribution in [0.25, 0.3) is 0 Å². The third-order valence-corrected chi connectivity index (χ3v) is 4.82. The SMILES string of the molecule is N#CC1=C[C@H](Br)[C@@H]2C[C@H]1[C@@H](Br)C=C2C#N. The van der Waals surface area contributed by atoms with E-state index in [4.69, 9.17) is 10.5 Å². The van der Waals surface area contributed by atoms with E-state index in [1.165, 1.54) is 0 Å². The lowest BCUT2D eigenvalue weighted by atomic mass is 9.72. The van der Waals surface area contributed by atoms with Crippen LogP contribution in [0.2, 0.25) is 0 Å². The monoisotopic (exact) mass is 326 g/mol. The minimum atomic E-state index is 0.120. The molecule has 0 amide bonds. The Bertz CT molecular complexity index is 385. The zero-order valence-electron chi connectivity index (χ0n) is 7.82. The van der Waals surface area contributed by atoms with Crippen LogP contribution in [0.5, 0.6) is 0 Å². The number of nitriles is 2. The maximum Gasteiger partial charge on any atom is 0.0947 e. The molecule has 0 fully saturated rings. The van der Waals surface area contributed by atoms with Crippen LogP contribution in [-0.4, -0.2) is 9.65 Å². The summed E-state index contributed by atoms with van der Waals surface area (Å²) >= 11 is 7.05. The maximum atomic E-state index is 9.02. The van der Waals surface area contributed by atoms with Crippen LogP contribution >= 0.6 is 31.9 Å². The Balaban J connectivity index is 2.42. The van der Waals surface area contributed by atoms with Gasteiger partial charge in [-0.25, -0.2) is 0 Å². The molecule has 76 valence electrons.